The van der Waals surface area contributed by atoms with E-state index < -0.39 is 139 Å². The number of unbranched alkanes of at least 4 members (excludes halogenated alkanes) is 1. The van der Waals surface area contributed by atoms with E-state index in [-0.39, 0.29) is 49.5 Å². The van der Waals surface area contributed by atoms with E-state index in [1.165, 1.54) is 29.2 Å². The molecule has 25 nitrogen and oxygen atoms in total. The van der Waals surface area contributed by atoms with E-state index in [0.29, 0.717) is 36.9 Å². The quantitative estimate of drug-likeness (QED) is 0.0249. The summed E-state index contributed by atoms with van der Waals surface area (Å²) in [6.07, 6.45) is -0.338. The van der Waals surface area contributed by atoms with Gasteiger partial charge < -0.3 is 75.9 Å². The summed E-state index contributed by atoms with van der Waals surface area (Å²) in [5, 5.41) is 27.3. The van der Waals surface area contributed by atoms with Crippen LogP contribution in [0.25, 0.3) is 0 Å². The minimum atomic E-state index is -1.79. The van der Waals surface area contributed by atoms with Crippen molar-refractivity contribution in [1.29, 1.82) is 0 Å². The molecule has 11 amide bonds. The number of carbonyl (C=O) groups is 11. The smallest absolute Gasteiger partial charge is 0.246 e. The topological polar surface area (TPSA) is 426 Å². The van der Waals surface area contributed by atoms with E-state index in [2.05, 4.69) is 62.5 Å². The largest absolute Gasteiger partial charge is 0.508 e. The van der Waals surface area contributed by atoms with Crippen LogP contribution in [0, 0.1) is 0 Å². The molecule has 2 aromatic carbocycles. The number of primary amides is 3. The molecule has 0 bridgehead atoms. The summed E-state index contributed by atoms with van der Waals surface area (Å²) in [6.45, 7) is -0.0898. The number of hydrogen-bond donors (Lipinski definition) is 15. The molecule has 3 rings (SSSR count). The van der Waals surface area contributed by atoms with Gasteiger partial charge in [-0.15, -0.1) is 0 Å². The summed E-state index contributed by atoms with van der Waals surface area (Å²) < 4.78 is 0. The second-order valence-corrected chi connectivity index (χ2v) is 18.0. The van der Waals surface area contributed by atoms with Gasteiger partial charge in [0, 0.05) is 37.3 Å². The van der Waals surface area contributed by atoms with Gasteiger partial charge in [-0.25, -0.2) is 0 Å². The number of benzene rings is 2. The summed E-state index contributed by atoms with van der Waals surface area (Å²) in [4.78, 5) is 147. The molecular weight excluding hydrogens is 991 g/mol. The maximum Gasteiger partial charge on any atom is 0.246 e. The number of thiol groups is 2. The number of nitrogens with one attached hydrogen (secondary N) is 7. The Kier molecular flexibility index (Phi) is 25.5. The first-order chi connectivity index (χ1) is 34.7. The van der Waals surface area contributed by atoms with Gasteiger partial charge in [0.1, 0.15) is 48.0 Å². The van der Waals surface area contributed by atoms with Crippen molar-refractivity contribution in [3.05, 3.63) is 65.7 Å². The average molecular weight is 1060 g/mol. The molecule has 0 aliphatic carbocycles. The van der Waals surface area contributed by atoms with Gasteiger partial charge in [0.05, 0.1) is 19.0 Å². The zero-order valence-electron chi connectivity index (χ0n) is 40.1. The van der Waals surface area contributed by atoms with Crippen LogP contribution in [0.5, 0.6) is 5.75 Å². The molecule has 73 heavy (non-hydrogen) atoms. The predicted molar refractivity (Wildman–Crippen MR) is 271 cm³/mol. The number of rotatable bonds is 31. The SMILES string of the molecule is NCCCC[C@H](NC(=O)[C@@H]1CCCN1C(=O)[C@H](CS)NC(=O)[C@H](CC(N)=O)NC(=O)[C@H](CCC(N)=O)NC(=O)[C@H](Cc1ccccc1)NC(=O)[C@H](Cc1ccc(O)cc1)NC(=O)[C@@H](N)CS)C(=O)NCC(N)=O. The van der Waals surface area contributed by atoms with Crippen LogP contribution < -0.4 is 65.9 Å². The molecule has 0 unspecified atom stereocenters. The summed E-state index contributed by atoms with van der Waals surface area (Å²) in [5.41, 5.74) is 28.6. The van der Waals surface area contributed by atoms with Crippen molar-refractivity contribution < 1.29 is 57.8 Å². The van der Waals surface area contributed by atoms with Crippen LogP contribution in [0.1, 0.15) is 62.5 Å². The number of amides is 11. The average Bonchev–Trinajstić information content (AvgIpc) is 3.86. The fourth-order valence-corrected chi connectivity index (χ4v) is 7.98. The molecule has 1 heterocycles. The standard InChI is InChI=1S/C46H67N13O12S2/c47-17-5-4-9-29(40(65)52-22-38(51)63)54-45(70)35-10-6-18-59(35)46(71)34(24-73)58-44(69)33(21-37(50)62)57-41(66)30(15-16-36(49)61)53-42(67)32(19-25-7-2-1-3-8-25)56-43(68)31(55-39(64)28(48)23-72)20-26-11-13-27(60)14-12-26/h1-3,7-8,11-14,28-35,60,72-73H,4-6,9-10,15-24,47-48H2,(H2,49,61)(H2,50,62)(H2,51,63)(H,52,65)(H,53,67)(H,54,70)(H,55,64)(H,56,68)(H,57,66)(H,58,69)/t28-,29-,30-,31-,32-,33-,34-,35-/m0/s1. The van der Waals surface area contributed by atoms with Crippen molar-refractivity contribution in [1.82, 2.24) is 42.1 Å². The first kappa shape index (κ1) is 60.3. The molecule has 2 aromatic rings. The molecule has 18 N–H and O–H groups in total. The Labute approximate surface area is 432 Å². The first-order valence-electron chi connectivity index (χ1n) is 23.4. The number of carbonyl (C=O) groups excluding carboxylic acids is 11. The summed E-state index contributed by atoms with van der Waals surface area (Å²) >= 11 is 8.31. The van der Waals surface area contributed by atoms with Crippen molar-refractivity contribution >= 4 is 90.2 Å². The number of phenolic OH excluding ortho intramolecular Hbond substituents is 1. The predicted octanol–water partition coefficient (Wildman–Crippen LogP) is -4.86. The van der Waals surface area contributed by atoms with Crippen molar-refractivity contribution in [2.45, 2.75) is 113 Å². The number of nitrogens with two attached hydrogens (primary N) is 5. The summed E-state index contributed by atoms with van der Waals surface area (Å²) in [5.74, 6) is -10.1. The molecule has 1 aliphatic heterocycles. The fourth-order valence-electron chi connectivity index (χ4n) is 7.57. The van der Waals surface area contributed by atoms with Gasteiger partial charge in [-0.05, 0) is 68.3 Å². The second kappa shape index (κ2) is 30.8. The van der Waals surface area contributed by atoms with Crippen LogP contribution in [0.2, 0.25) is 0 Å². The molecule has 1 aliphatic rings. The van der Waals surface area contributed by atoms with Crippen molar-refractivity contribution in [3.63, 3.8) is 0 Å². The third kappa shape index (κ3) is 20.6. The third-order valence-corrected chi connectivity index (χ3v) is 12.2. The zero-order chi connectivity index (χ0) is 54.2. The Morgan fingerprint density at radius 3 is 1.70 bits per heavy atom. The van der Waals surface area contributed by atoms with Crippen LogP contribution in [-0.2, 0) is 65.6 Å². The van der Waals surface area contributed by atoms with Crippen LogP contribution >= 0.6 is 25.3 Å². The minimum absolute atomic E-state index is 0.0523. The molecule has 8 atom stereocenters. The molecule has 1 fully saturated rings. The highest BCUT2D eigenvalue weighted by Crippen LogP contribution is 2.20. The van der Waals surface area contributed by atoms with E-state index in [0.717, 1.165) is 0 Å². The Morgan fingerprint density at radius 2 is 1.14 bits per heavy atom. The highest BCUT2D eigenvalue weighted by Gasteiger charge is 2.40. The lowest BCUT2D eigenvalue weighted by Gasteiger charge is -2.30. The molecule has 0 aromatic heterocycles. The Hall–Kier alpha value is -6.97. The number of nitrogens with zero attached hydrogens (tertiary/aromatic N) is 1. The van der Waals surface area contributed by atoms with E-state index in [9.17, 15) is 57.8 Å². The summed E-state index contributed by atoms with van der Waals surface area (Å²) in [6, 6.07) is 3.23. The maximum atomic E-state index is 14.3. The fraction of sp³-hybridized carbons (Fsp3) is 0.500. The van der Waals surface area contributed by atoms with Gasteiger partial charge in [0.15, 0.2) is 0 Å². The van der Waals surface area contributed by atoms with Crippen molar-refractivity contribution in [2.75, 3.05) is 31.1 Å². The van der Waals surface area contributed by atoms with Crippen LogP contribution in [0.4, 0.5) is 0 Å². The van der Waals surface area contributed by atoms with Crippen LogP contribution in [0.15, 0.2) is 54.6 Å². The number of hydrogen-bond acceptors (Lipinski definition) is 16. The monoisotopic (exact) mass is 1060 g/mol. The van der Waals surface area contributed by atoms with E-state index in [1.807, 2.05) is 0 Å². The molecule has 0 spiro atoms. The van der Waals surface area contributed by atoms with Gasteiger partial charge in [-0.2, -0.15) is 25.3 Å². The zero-order valence-corrected chi connectivity index (χ0v) is 41.9. The first-order valence-corrected chi connectivity index (χ1v) is 24.7. The van der Waals surface area contributed by atoms with Gasteiger partial charge in [0.25, 0.3) is 0 Å². The minimum Gasteiger partial charge on any atom is -0.508 e. The van der Waals surface area contributed by atoms with Gasteiger partial charge in [-0.1, -0.05) is 42.5 Å². The lowest BCUT2D eigenvalue weighted by molar-refractivity contribution is -0.142. The Morgan fingerprint density at radius 1 is 0.603 bits per heavy atom. The van der Waals surface area contributed by atoms with Crippen molar-refractivity contribution in [2.24, 2.45) is 28.7 Å². The number of phenols is 1. The highest BCUT2D eigenvalue weighted by atomic mass is 32.1. The van der Waals surface area contributed by atoms with E-state index >= 15 is 0 Å². The van der Waals surface area contributed by atoms with Crippen LogP contribution in [-0.4, -0.2) is 154 Å². The third-order valence-electron chi connectivity index (χ3n) is 11.5. The lowest BCUT2D eigenvalue weighted by atomic mass is 10.0. The van der Waals surface area contributed by atoms with E-state index in [4.69, 9.17) is 28.7 Å². The summed E-state index contributed by atoms with van der Waals surface area (Å²) in [7, 11) is 0. The highest BCUT2D eigenvalue weighted by molar-refractivity contribution is 7.80. The second-order valence-electron chi connectivity index (χ2n) is 17.2. The molecular formula is C46H67N13O12S2. The maximum absolute atomic E-state index is 14.3. The molecule has 1 saturated heterocycles. The van der Waals surface area contributed by atoms with Gasteiger partial charge in [-0.3, -0.25) is 52.7 Å². The number of likely N-dealkylation sites (tertiary alicyclic amines) is 1. The van der Waals surface area contributed by atoms with Gasteiger partial charge in [0.2, 0.25) is 65.0 Å². The lowest BCUT2D eigenvalue weighted by Crippen LogP contribution is -2.61. The number of aromatic hydroxyl groups is 1. The Balaban J connectivity index is 1.86. The molecule has 400 valence electrons. The van der Waals surface area contributed by atoms with Crippen LogP contribution in [0.3, 0.4) is 0 Å². The Bertz CT molecular complexity index is 2260. The molecule has 0 saturated carbocycles. The molecule has 0 radical (unpaired) electrons. The normalized spacial score (nSPS) is 15.9. The van der Waals surface area contributed by atoms with E-state index in [1.54, 1.807) is 30.3 Å². The van der Waals surface area contributed by atoms with Crippen molar-refractivity contribution in [3.8, 4) is 5.75 Å². The molecule has 27 heteroatoms. The van der Waals surface area contributed by atoms with Gasteiger partial charge >= 0.3 is 0 Å².